The van der Waals surface area contributed by atoms with Gasteiger partial charge < -0.3 is 10.1 Å². The molecule has 16 heavy (non-hydrogen) atoms. The van der Waals surface area contributed by atoms with Crippen molar-refractivity contribution in [1.29, 1.82) is 0 Å². The Morgan fingerprint density at radius 2 is 2.00 bits per heavy atom. The van der Waals surface area contributed by atoms with E-state index in [0.717, 1.165) is 6.42 Å². The average molecular weight is 252 g/mol. The number of hydrogen-bond donors (Lipinski definition) is 1. The van der Waals surface area contributed by atoms with Gasteiger partial charge in [0.1, 0.15) is 0 Å². The largest absolute Gasteiger partial charge is 0.385 e. The summed E-state index contributed by atoms with van der Waals surface area (Å²) in [6, 6.07) is 0.314. The van der Waals surface area contributed by atoms with Crippen LogP contribution in [0.3, 0.4) is 0 Å². The molecule has 0 saturated carbocycles. The molecule has 0 aliphatic rings. The molecular formula is C10H24N2O3S. The second-order valence-electron chi connectivity index (χ2n) is 4.09. The van der Waals surface area contributed by atoms with Gasteiger partial charge in [0.15, 0.2) is 0 Å². The normalized spacial score (nSPS) is 12.6. The first-order chi connectivity index (χ1) is 7.40. The minimum atomic E-state index is -3.12. The highest BCUT2D eigenvalue weighted by Crippen LogP contribution is 1.99. The fourth-order valence-corrected chi connectivity index (χ4v) is 2.30. The van der Waals surface area contributed by atoms with Crippen LogP contribution >= 0.6 is 0 Å². The summed E-state index contributed by atoms with van der Waals surface area (Å²) in [7, 11) is 0.102. The van der Waals surface area contributed by atoms with E-state index in [-0.39, 0.29) is 5.75 Å². The van der Waals surface area contributed by atoms with Crippen molar-refractivity contribution in [2.75, 3.05) is 39.6 Å². The number of nitrogens with one attached hydrogen (secondary N) is 1. The standard InChI is InChI=1S/C10H24N2O3S/c1-10(2)11-6-9-16(13,14)12(3)7-5-8-15-4/h10-11H,5-9H2,1-4H3. The number of hydrogen-bond acceptors (Lipinski definition) is 4. The Hall–Kier alpha value is -0.170. The molecule has 0 aliphatic heterocycles. The van der Waals surface area contributed by atoms with Crippen molar-refractivity contribution in [1.82, 2.24) is 9.62 Å². The van der Waals surface area contributed by atoms with Crippen LogP contribution in [0, 0.1) is 0 Å². The molecule has 0 radical (unpaired) electrons. The Morgan fingerprint density at radius 3 is 2.50 bits per heavy atom. The molecular weight excluding hydrogens is 228 g/mol. The van der Waals surface area contributed by atoms with Crippen molar-refractivity contribution in [3.8, 4) is 0 Å². The van der Waals surface area contributed by atoms with Gasteiger partial charge in [0, 0.05) is 39.9 Å². The van der Waals surface area contributed by atoms with Crippen LogP contribution in [-0.4, -0.2) is 58.4 Å². The van der Waals surface area contributed by atoms with Crippen molar-refractivity contribution >= 4 is 10.0 Å². The molecule has 0 spiro atoms. The fraction of sp³-hybridized carbons (Fsp3) is 1.00. The summed E-state index contributed by atoms with van der Waals surface area (Å²) in [6.45, 7) is 5.58. The van der Waals surface area contributed by atoms with Gasteiger partial charge in [0.05, 0.1) is 5.75 Å². The van der Waals surface area contributed by atoms with E-state index in [4.69, 9.17) is 4.74 Å². The monoisotopic (exact) mass is 252 g/mol. The lowest BCUT2D eigenvalue weighted by Crippen LogP contribution is -2.36. The van der Waals surface area contributed by atoms with Gasteiger partial charge in [0.25, 0.3) is 0 Å². The molecule has 0 aromatic heterocycles. The number of nitrogens with zero attached hydrogens (tertiary/aromatic N) is 1. The first-order valence-corrected chi connectivity index (χ1v) is 7.17. The minimum Gasteiger partial charge on any atom is -0.385 e. The molecule has 0 fully saturated rings. The Bertz CT molecular complexity index is 265. The Morgan fingerprint density at radius 1 is 1.38 bits per heavy atom. The summed E-state index contributed by atoms with van der Waals surface area (Å²) in [5, 5.41) is 3.09. The molecule has 6 heteroatoms. The molecule has 0 heterocycles. The molecule has 0 aliphatic carbocycles. The SMILES string of the molecule is COCCCN(C)S(=O)(=O)CCNC(C)C. The van der Waals surface area contributed by atoms with E-state index in [2.05, 4.69) is 5.32 Å². The number of rotatable bonds is 9. The quantitative estimate of drug-likeness (QED) is 0.599. The second-order valence-corrected chi connectivity index (χ2v) is 6.29. The van der Waals surface area contributed by atoms with Crippen molar-refractivity contribution in [2.24, 2.45) is 0 Å². The Kier molecular flexibility index (Phi) is 7.91. The zero-order chi connectivity index (χ0) is 12.6. The molecule has 0 amide bonds. The third-order valence-electron chi connectivity index (χ3n) is 2.21. The van der Waals surface area contributed by atoms with Gasteiger partial charge in [-0.1, -0.05) is 13.8 Å². The molecule has 0 unspecified atom stereocenters. The summed E-state index contributed by atoms with van der Waals surface area (Å²) in [5.41, 5.74) is 0. The summed E-state index contributed by atoms with van der Waals surface area (Å²) in [5.74, 6) is 0.147. The van der Waals surface area contributed by atoms with Gasteiger partial charge in [0.2, 0.25) is 10.0 Å². The Balaban J connectivity index is 3.91. The van der Waals surface area contributed by atoms with Crippen LogP contribution in [0.4, 0.5) is 0 Å². The molecule has 1 N–H and O–H groups in total. The van der Waals surface area contributed by atoms with E-state index in [1.54, 1.807) is 14.2 Å². The maximum absolute atomic E-state index is 11.8. The van der Waals surface area contributed by atoms with Crippen molar-refractivity contribution < 1.29 is 13.2 Å². The molecule has 0 saturated heterocycles. The summed E-state index contributed by atoms with van der Waals surface area (Å²) < 4.78 is 29.8. The van der Waals surface area contributed by atoms with Crippen LogP contribution in [-0.2, 0) is 14.8 Å². The van der Waals surface area contributed by atoms with Crippen LogP contribution in [0.5, 0.6) is 0 Å². The van der Waals surface area contributed by atoms with Crippen molar-refractivity contribution in [2.45, 2.75) is 26.3 Å². The van der Waals surface area contributed by atoms with Crippen LogP contribution < -0.4 is 5.32 Å². The highest BCUT2D eigenvalue weighted by molar-refractivity contribution is 7.89. The molecule has 98 valence electrons. The van der Waals surface area contributed by atoms with Crippen LogP contribution in [0.25, 0.3) is 0 Å². The number of sulfonamides is 1. The summed E-state index contributed by atoms with van der Waals surface area (Å²) in [4.78, 5) is 0. The maximum atomic E-state index is 11.8. The topological polar surface area (TPSA) is 58.6 Å². The summed E-state index contributed by atoms with van der Waals surface area (Å²) in [6.07, 6.45) is 0.726. The lowest BCUT2D eigenvalue weighted by atomic mass is 10.4. The molecule has 5 nitrogen and oxygen atoms in total. The maximum Gasteiger partial charge on any atom is 0.215 e. The van der Waals surface area contributed by atoms with E-state index in [1.807, 2.05) is 13.8 Å². The zero-order valence-corrected chi connectivity index (χ0v) is 11.5. The fourth-order valence-electron chi connectivity index (χ4n) is 1.20. The van der Waals surface area contributed by atoms with E-state index in [0.29, 0.717) is 25.7 Å². The predicted octanol–water partition coefficient (Wildman–Crippen LogP) is 0.283. The molecule has 0 bridgehead atoms. The van der Waals surface area contributed by atoms with E-state index in [9.17, 15) is 8.42 Å². The zero-order valence-electron chi connectivity index (χ0n) is 10.7. The van der Waals surface area contributed by atoms with E-state index < -0.39 is 10.0 Å². The lowest BCUT2D eigenvalue weighted by Gasteiger charge is -2.17. The molecule has 0 aromatic rings. The predicted molar refractivity (Wildman–Crippen MR) is 66.0 cm³/mol. The van der Waals surface area contributed by atoms with Gasteiger partial charge in [-0.15, -0.1) is 0 Å². The third kappa shape index (κ3) is 7.16. The molecule has 0 rings (SSSR count). The van der Waals surface area contributed by atoms with Gasteiger partial charge in [-0.3, -0.25) is 0 Å². The highest BCUT2D eigenvalue weighted by Gasteiger charge is 2.16. The lowest BCUT2D eigenvalue weighted by molar-refractivity contribution is 0.189. The van der Waals surface area contributed by atoms with Gasteiger partial charge >= 0.3 is 0 Å². The van der Waals surface area contributed by atoms with Gasteiger partial charge in [-0.2, -0.15) is 0 Å². The first-order valence-electron chi connectivity index (χ1n) is 5.56. The van der Waals surface area contributed by atoms with E-state index in [1.165, 1.54) is 4.31 Å². The molecule has 0 aromatic carbocycles. The number of methoxy groups -OCH3 is 1. The summed E-state index contributed by atoms with van der Waals surface area (Å²) >= 11 is 0. The van der Waals surface area contributed by atoms with E-state index >= 15 is 0 Å². The molecule has 0 atom stereocenters. The van der Waals surface area contributed by atoms with Gasteiger partial charge in [-0.25, -0.2) is 12.7 Å². The van der Waals surface area contributed by atoms with Gasteiger partial charge in [-0.05, 0) is 6.42 Å². The average Bonchev–Trinajstić information content (AvgIpc) is 2.17. The van der Waals surface area contributed by atoms with Crippen LogP contribution in [0.2, 0.25) is 0 Å². The van der Waals surface area contributed by atoms with Crippen molar-refractivity contribution in [3.05, 3.63) is 0 Å². The number of ether oxygens (including phenoxy) is 1. The van der Waals surface area contributed by atoms with Crippen molar-refractivity contribution in [3.63, 3.8) is 0 Å². The Labute approximate surface area is 99.2 Å². The minimum absolute atomic E-state index is 0.147. The van der Waals surface area contributed by atoms with Crippen LogP contribution in [0.1, 0.15) is 20.3 Å². The highest BCUT2D eigenvalue weighted by atomic mass is 32.2. The second kappa shape index (κ2) is 8.00. The third-order valence-corrected chi connectivity index (χ3v) is 4.06. The smallest absolute Gasteiger partial charge is 0.215 e. The first kappa shape index (κ1) is 15.8. The van der Waals surface area contributed by atoms with Crippen LogP contribution in [0.15, 0.2) is 0 Å².